The van der Waals surface area contributed by atoms with E-state index in [1.165, 1.54) is 19.4 Å². The fraction of sp³-hybridized carbons (Fsp3) is 0.0714. The lowest BCUT2D eigenvalue weighted by Gasteiger charge is -2.06. The standard InChI is InChI=1S/C14H13ClN2O2/c1-19-14-8-13(18)10(7-12(14)15)9-16-17-11-5-3-2-4-6-11/h2-9,17-18H,1H3. The van der Waals surface area contributed by atoms with Crippen molar-refractivity contribution in [2.24, 2.45) is 5.10 Å². The first-order valence-corrected chi connectivity index (χ1v) is 5.99. The van der Waals surface area contributed by atoms with Gasteiger partial charge in [-0.3, -0.25) is 5.43 Å². The number of phenols is 1. The summed E-state index contributed by atoms with van der Waals surface area (Å²) < 4.78 is 5.00. The lowest BCUT2D eigenvalue weighted by Crippen LogP contribution is -1.92. The maximum absolute atomic E-state index is 9.79. The van der Waals surface area contributed by atoms with E-state index >= 15 is 0 Å². The van der Waals surface area contributed by atoms with Crippen molar-refractivity contribution in [2.45, 2.75) is 0 Å². The zero-order chi connectivity index (χ0) is 13.7. The Bertz CT molecular complexity index is 585. The molecule has 2 N–H and O–H groups in total. The van der Waals surface area contributed by atoms with Gasteiger partial charge in [-0.05, 0) is 18.2 Å². The number of hydrazone groups is 1. The maximum atomic E-state index is 9.79. The van der Waals surface area contributed by atoms with Crippen LogP contribution in [0, 0.1) is 0 Å². The van der Waals surface area contributed by atoms with Crippen molar-refractivity contribution < 1.29 is 9.84 Å². The Morgan fingerprint density at radius 1 is 1.26 bits per heavy atom. The van der Waals surface area contributed by atoms with Crippen LogP contribution in [0.4, 0.5) is 5.69 Å². The minimum Gasteiger partial charge on any atom is -0.507 e. The van der Waals surface area contributed by atoms with E-state index in [-0.39, 0.29) is 5.75 Å². The molecule has 0 aliphatic rings. The first-order chi connectivity index (χ1) is 9.20. The van der Waals surface area contributed by atoms with Crippen LogP contribution in [0.5, 0.6) is 11.5 Å². The highest BCUT2D eigenvalue weighted by atomic mass is 35.5. The molecule has 0 unspecified atom stereocenters. The average Bonchev–Trinajstić information content (AvgIpc) is 2.43. The molecular weight excluding hydrogens is 264 g/mol. The van der Waals surface area contributed by atoms with E-state index in [0.717, 1.165) is 5.69 Å². The van der Waals surface area contributed by atoms with Crippen molar-refractivity contribution in [1.29, 1.82) is 0 Å². The largest absolute Gasteiger partial charge is 0.507 e. The maximum Gasteiger partial charge on any atom is 0.141 e. The van der Waals surface area contributed by atoms with E-state index in [0.29, 0.717) is 16.3 Å². The van der Waals surface area contributed by atoms with Crippen molar-refractivity contribution in [3.05, 3.63) is 53.1 Å². The van der Waals surface area contributed by atoms with Gasteiger partial charge in [-0.25, -0.2) is 0 Å². The quantitative estimate of drug-likeness (QED) is 0.664. The number of halogens is 1. The minimum atomic E-state index is 0.0554. The molecule has 0 saturated carbocycles. The Morgan fingerprint density at radius 3 is 2.68 bits per heavy atom. The molecule has 19 heavy (non-hydrogen) atoms. The number of nitrogens with one attached hydrogen (secondary N) is 1. The summed E-state index contributed by atoms with van der Waals surface area (Å²) in [5.41, 5.74) is 4.22. The number of anilines is 1. The van der Waals surface area contributed by atoms with Crippen molar-refractivity contribution in [3.63, 3.8) is 0 Å². The third kappa shape index (κ3) is 3.39. The second-order valence-electron chi connectivity index (χ2n) is 3.78. The molecule has 2 rings (SSSR count). The number of benzene rings is 2. The highest BCUT2D eigenvalue weighted by molar-refractivity contribution is 6.32. The van der Waals surface area contributed by atoms with Crippen LogP contribution in [-0.4, -0.2) is 18.4 Å². The van der Waals surface area contributed by atoms with Gasteiger partial charge in [0.05, 0.1) is 24.0 Å². The monoisotopic (exact) mass is 276 g/mol. The summed E-state index contributed by atoms with van der Waals surface area (Å²) in [6.45, 7) is 0. The van der Waals surface area contributed by atoms with Crippen LogP contribution in [0.25, 0.3) is 0 Å². The third-order valence-corrected chi connectivity index (χ3v) is 2.77. The van der Waals surface area contributed by atoms with E-state index in [4.69, 9.17) is 16.3 Å². The highest BCUT2D eigenvalue weighted by Gasteiger charge is 2.06. The fourth-order valence-corrected chi connectivity index (χ4v) is 1.76. The van der Waals surface area contributed by atoms with Gasteiger partial charge in [0.15, 0.2) is 0 Å². The summed E-state index contributed by atoms with van der Waals surface area (Å²) in [7, 11) is 1.49. The molecule has 0 amide bonds. The minimum absolute atomic E-state index is 0.0554. The Hall–Kier alpha value is -2.20. The number of methoxy groups -OCH3 is 1. The summed E-state index contributed by atoms with van der Waals surface area (Å²) in [5, 5.41) is 14.2. The number of hydrogen-bond donors (Lipinski definition) is 2. The highest BCUT2D eigenvalue weighted by Crippen LogP contribution is 2.30. The lowest BCUT2D eigenvalue weighted by atomic mass is 10.2. The Balaban J connectivity index is 2.13. The molecule has 0 spiro atoms. The van der Waals surface area contributed by atoms with Gasteiger partial charge in [0, 0.05) is 11.6 Å². The SMILES string of the molecule is COc1cc(O)c(C=NNc2ccccc2)cc1Cl. The molecule has 0 aromatic heterocycles. The van der Waals surface area contributed by atoms with Gasteiger partial charge in [0.1, 0.15) is 11.5 Å². The van der Waals surface area contributed by atoms with E-state index in [9.17, 15) is 5.11 Å². The molecule has 98 valence electrons. The van der Waals surface area contributed by atoms with Gasteiger partial charge in [-0.2, -0.15) is 5.10 Å². The number of phenolic OH excluding ortho intramolecular Hbond substituents is 1. The normalized spacial score (nSPS) is 10.6. The summed E-state index contributed by atoms with van der Waals surface area (Å²) in [6, 6.07) is 12.5. The molecule has 0 aliphatic heterocycles. The van der Waals surface area contributed by atoms with Crippen LogP contribution >= 0.6 is 11.6 Å². The first kappa shape index (κ1) is 13.2. The van der Waals surface area contributed by atoms with Gasteiger partial charge in [-0.1, -0.05) is 29.8 Å². The predicted octanol–water partition coefficient (Wildman–Crippen LogP) is 3.50. The molecule has 0 bridgehead atoms. The molecule has 0 fully saturated rings. The van der Waals surface area contributed by atoms with Crippen molar-refractivity contribution in [2.75, 3.05) is 12.5 Å². The smallest absolute Gasteiger partial charge is 0.141 e. The second kappa shape index (κ2) is 6.11. The number of rotatable bonds is 4. The Labute approximate surface area is 116 Å². The van der Waals surface area contributed by atoms with Crippen molar-refractivity contribution >= 4 is 23.5 Å². The summed E-state index contributed by atoms with van der Waals surface area (Å²) >= 11 is 5.98. The predicted molar refractivity (Wildman–Crippen MR) is 77.3 cm³/mol. The van der Waals surface area contributed by atoms with E-state index in [2.05, 4.69) is 10.5 Å². The van der Waals surface area contributed by atoms with Crippen LogP contribution in [0.1, 0.15) is 5.56 Å². The lowest BCUT2D eigenvalue weighted by molar-refractivity contribution is 0.408. The third-order valence-electron chi connectivity index (χ3n) is 2.47. The molecule has 2 aromatic carbocycles. The van der Waals surface area contributed by atoms with Crippen molar-refractivity contribution in [3.8, 4) is 11.5 Å². The van der Waals surface area contributed by atoms with E-state index in [1.54, 1.807) is 6.07 Å². The van der Waals surface area contributed by atoms with Crippen LogP contribution in [-0.2, 0) is 0 Å². The number of para-hydroxylation sites is 1. The summed E-state index contributed by atoms with van der Waals surface area (Å²) in [5.74, 6) is 0.479. The first-order valence-electron chi connectivity index (χ1n) is 5.61. The number of nitrogens with zero attached hydrogens (tertiary/aromatic N) is 1. The fourth-order valence-electron chi connectivity index (χ4n) is 1.51. The second-order valence-corrected chi connectivity index (χ2v) is 4.19. The van der Waals surface area contributed by atoms with Crippen LogP contribution < -0.4 is 10.2 Å². The van der Waals surface area contributed by atoms with E-state index in [1.807, 2.05) is 30.3 Å². The molecule has 0 aliphatic carbocycles. The molecule has 5 heteroatoms. The van der Waals surface area contributed by atoms with Gasteiger partial charge < -0.3 is 9.84 Å². The number of aromatic hydroxyl groups is 1. The molecule has 0 saturated heterocycles. The summed E-state index contributed by atoms with van der Waals surface area (Å²) in [4.78, 5) is 0. The zero-order valence-corrected chi connectivity index (χ0v) is 11.1. The topological polar surface area (TPSA) is 53.9 Å². The Kier molecular flexibility index (Phi) is 4.26. The van der Waals surface area contributed by atoms with Crippen LogP contribution in [0.3, 0.4) is 0 Å². The van der Waals surface area contributed by atoms with Crippen molar-refractivity contribution in [1.82, 2.24) is 0 Å². The van der Waals surface area contributed by atoms with Crippen LogP contribution in [0.2, 0.25) is 5.02 Å². The molecule has 0 atom stereocenters. The molecule has 0 heterocycles. The molecule has 2 aromatic rings. The van der Waals surface area contributed by atoms with Gasteiger partial charge >= 0.3 is 0 Å². The molecule has 4 nitrogen and oxygen atoms in total. The average molecular weight is 277 g/mol. The van der Waals surface area contributed by atoms with Gasteiger partial charge in [0.2, 0.25) is 0 Å². The number of hydrogen-bond acceptors (Lipinski definition) is 4. The zero-order valence-electron chi connectivity index (χ0n) is 10.3. The number of ether oxygens (including phenoxy) is 1. The van der Waals surface area contributed by atoms with Gasteiger partial charge in [-0.15, -0.1) is 0 Å². The summed E-state index contributed by atoms with van der Waals surface area (Å²) in [6.07, 6.45) is 1.49. The Morgan fingerprint density at radius 2 is 2.00 bits per heavy atom. The van der Waals surface area contributed by atoms with Crippen LogP contribution in [0.15, 0.2) is 47.6 Å². The molecular formula is C14H13ClN2O2. The van der Waals surface area contributed by atoms with Gasteiger partial charge in [0.25, 0.3) is 0 Å². The molecule has 0 radical (unpaired) electrons. The van der Waals surface area contributed by atoms with E-state index < -0.39 is 0 Å².